The molecule has 3 N–H and O–H groups in total. The number of nitro benzene ring substituents is 1. The number of nitro groups is 1. The van der Waals surface area contributed by atoms with E-state index in [0.29, 0.717) is 6.07 Å². The lowest BCUT2D eigenvalue weighted by atomic mass is 10.1. The molecule has 1 aromatic carbocycles. The maximum absolute atomic E-state index is 13.5. The smallest absolute Gasteiger partial charge is 0.326 e. The van der Waals surface area contributed by atoms with Crippen molar-refractivity contribution in [2.45, 2.75) is 12.5 Å². The molecule has 0 spiro atoms. The third kappa shape index (κ3) is 3.92. The van der Waals surface area contributed by atoms with E-state index in [9.17, 15) is 28.5 Å². The molecule has 1 amide bonds. The van der Waals surface area contributed by atoms with Gasteiger partial charge in [-0.3, -0.25) is 14.9 Å². The van der Waals surface area contributed by atoms with E-state index in [4.69, 9.17) is 10.2 Å². The van der Waals surface area contributed by atoms with E-state index in [2.05, 4.69) is 0 Å². The third-order valence-corrected chi connectivity index (χ3v) is 2.50. The maximum atomic E-state index is 13.5. The average Bonchev–Trinajstić information content (AvgIpc) is 2.39. The van der Waals surface area contributed by atoms with E-state index in [1.807, 2.05) is 5.32 Å². The molecule has 0 radical (unpaired) electrons. The Hall–Kier alpha value is -2.62. The molecule has 0 heterocycles. The second-order valence-corrected chi connectivity index (χ2v) is 3.92. The van der Waals surface area contributed by atoms with Crippen molar-refractivity contribution in [3.05, 3.63) is 39.4 Å². The van der Waals surface area contributed by atoms with Crippen molar-refractivity contribution in [1.82, 2.24) is 5.32 Å². The first-order valence-electron chi connectivity index (χ1n) is 5.56. The van der Waals surface area contributed by atoms with Crippen LogP contribution < -0.4 is 5.32 Å². The van der Waals surface area contributed by atoms with Gasteiger partial charge in [-0.15, -0.1) is 0 Å². The minimum Gasteiger partial charge on any atom is -0.480 e. The number of aliphatic hydroxyl groups is 1. The van der Waals surface area contributed by atoms with Crippen LogP contribution >= 0.6 is 0 Å². The fourth-order valence-electron chi connectivity index (χ4n) is 1.47. The highest BCUT2D eigenvalue weighted by Gasteiger charge is 2.25. The summed E-state index contributed by atoms with van der Waals surface area (Å²) in [6.45, 7) is -0.547. The molecule has 8 nitrogen and oxygen atoms in total. The van der Waals surface area contributed by atoms with Gasteiger partial charge in [0, 0.05) is 13.0 Å². The molecule has 1 aromatic rings. The number of nitrogens with one attached hydrogen (secondary N) is 1. The molecule has 0 saturated carbocycles. The van der Waals surface area contributed by atoms with Crippen LogP contribution in [0.3, 0.4) is 0 Å². The first-order valence-corrected chi connectivity index (χ1v) is 5.56. The van der Waals surface area contributed by atoms with E-state index >= 15 is 0 Å². The molecule has 10 heteroatoms. The topological polar surface area (TPSA) is 130 Å². The van der Waals surface area contributed by atoms with E-state index in [1.165, 1.54) is 0 Å². The van der Waals surface area contributed by atoms with Gasteiger partial charge in [0.05, 0.1) is 16.6 Å². The molecule has 114 valence electrons. The molecule has 0 aliphatic heterocycles. The number of hydrogen-bond donors (Lipinski definition) is 3. The van der Waals surface area contributed by atoms with Crippen LogP contribution in [0.5, 0.6) is 0 Å². The van der Waals surface area contributed by atoms with E-state index < -0.39 is 52.3 Å². The van der Waals surface area contributed by atoms with Gasteiger partial charge in [-0.05, 0) is 6.07 Å². The van der Waals surface area contributed by atoms with Crippen LogP contribution in [-0.4, -0.2) is 39.7 Å². The zero-order valence-electron chi connectivity index (χ0n) is 10.4. The predicted octanol–water partition coefficient (Wildman–Crippen LogP) is 0.438. The Morgan fingerprint density at radius 3 is 2.43 bits per heavy atom. The first-order chi connectivity index (χ1) is 9.77. The number of aliphatic carboxylic acids is 1. The minimum absolute atomic E-state index is 0.228. The number of carbonyl (C=O) groups excluding carboxylic acids is 1. The summed E-state index contributed by atoms with van der Waals surface area (Å²) < 4.78 is 26.9. The van der Waals surface area contributed by atoms with Crippen molar-refractivity contribution in [1.29, 1.82) is 0 Å². The summed E-state index contributed by atoms with van der Waals surface area (Å²) in [5.41, 5.74) is -2.02. The highest BCUT2D eigenvalue weighted by molar-refractivity contribution is 5.97. The van der Waals surface area contributed by atoms with Crippen LogP contribution in [0.25, 0.3) is 0 Å². The number of aliphatic hydroxyl groups excluding tert-OH is 1. The quantitative estimate of drug-likeness (QED) is 0.516. The summed E-state index contributed by atoms with van der Waals surface area (Å²) >= 11 is 0. The fraction of sp³-hybridized carbons (Fsp3) is 0.273. The minimum atomic E-state index is -1.50. The van der Waals surface area contributed by atoms with E-state index in [-0.39, 0.29) is 12.5 Å². The lowest BCUT2D eigenvalue weighted by molar-refractivity contribution is -0.387. The third-order valence-electron chi connectivity index (χ3n) is 2.50. The van der Waals surface area contributed by atoms with Crippen molar-refractivity contribution >= 4 is 17.6 Å². The normalized spacial score (nSPS) is 11.8. The zero-order chi connectivity index (χ0) is 16.2. The Morgan fingerprint density at radius 2 is 1.95 bits per heavy atom. The molecule has 0 bridgehead atoms. The second-order valence-electron chi connectivity index (χ2n) is 3.92. The van der Waals surface area contributed by atoms with Gasteiger partial charge in [0.2, 0.25) is 5.82 Å². The standard InChI is InChI=1S/C11H10F2N2O6/c12-6-4-9(15(20)21)7(13)3-5(6)10(17)14-8(1-2-16)11(18)19/h3-4,8,16H,1-2H2,(H,14,17)(H,18,19)/t8-/m1/s1. The Labute approximate surface area is 116 Å². The van der Waals surface area contributed by atoms with Gasteiger partial charge in [0.15, 0.2) is 0 Å². The number of rotatable bonds is 6. The number of hydrogen-bond acceptors (Lipinski definition) is 5. The molecular weight excluding hydrogens is 294 g/mol. The molecule has 1 rings (SSSR count). The van der Waals surface area contributed by atoms with Gasteiger partial charge in [0.1, 0.15) is 11.9 Å². The number of halogens is 2. The SMILES string of the molecule is O=C(N[C@H](CCO)C(=O)O)c1cc(F)c([N+](=O)[O-])cc1F. The first kappa shape index (κ1) is 16.4. The van der Waals surface area contributed by atoms with Crippen molar-refractivity contribution in [3.63, 3.8) is 0 Å². The maximum Gasteiger partial charge on any atom is 0.326 e. The largest absolute Gasteiger partial charge is 0.480 e. The van der Waals surface area contributed by atoms with Gasteiger partial charge in [-0.2, -0.15) is 4.39 Å². The lowest BCUT2D eigenvalue weighted by Crippen LogP contribution is -2.41. The Balaban J connectivity index is 3.05. The molecule has 0 saturated heterocycles. The van der Waals surface area contributed by atoms with Crippen LogP contribution in [0.4, 0.5) is 14.5 Å². The van der Waals surface area contributed by atoms with E-state index in [0.717, 1.165) is 0 Å². The summed E-state index contributed by atoms with van der Waals surface area (Å²) in [5.74, 6) is -5.53. The fourth-order valence-corrected chi connectivity index (χ4v) is 1.47. The van der Waals surface area contributed by atoms with Crippen LogP contribution in [0.15, 0.2) is 12.1 Å². The molecule has 0 unspecified atom stereocenters. The molecule has 0 aliphatic carbocycles. The summed E-state index contributed by atoms with van der Waals surface area (Å²) in [4.78, 5) is 31.7. The Morgan fingerprint density at radius 1 is 1.33 bits per heavy atom. The molecule has 1 atom stereocenters. The van der Waals surface area contributed by atoms with E-state index in [1.54, 1.807) is 0 Å². The summed E-state index contributed by atoms with van der Waals surface area (Å²) in [6.07, 6.45) is -0.335. The van der Waals surface area contributed by atoms with Crippen LogP contribution in [-0.2, 0) is 4.79 Å². The number of benzene rings is 1. The number of carboxylic acids is 1. The van der Waals surface area contributed by atoms with Crippen LogP contribution in [0.1, 0.15) is 16.8 Å². The zero-order valence-corrected chi connectivity index (χ0v) is 10.4. The van der Waals surface area contributed by atoms with Crippen molar-refractivity contribution in [2.24, 2.45) is 0 Å². The summed E-state index contributed by atoms with van der Waals surface area (Å²) in [5, 5.41) is 29.7. The monoisotopic (exact) mass is 304 g/mol. The Bertz CT molecular complexity index is 592. The number of carbonyl (C=O) groups is 2. The average molecular weight is 304 g/mol. The van der Waals surface area contributed by atoms with Crippen molar-refractivity contribution in [2.75, 3.05) is 6.61 Å². The van der Waals surface area contributed by atoms with Gasteiger partial charge in [-0.1, -0.05) is 0 Å². The number of amides is 1. The molecule has 0 aliphatic rings. The van der Waals surface area contributed by atoms with Crippen molar-refractivity contribution < 1.29 is 33.5 Å². The molecular formula is C11H10F2N2O6. The highest BCUT2D eigenvalue weighted by atomic mass is 19.1. The highest BCUT2D eigenvalue weighted by Crippen LogP contribution is 2.21. The second kappa shape index (κ2) is 6.70. The Kier molecular flexibility index (Phi) is 5.24. The van der Waals surface area contributed by atoms with Gasteiger partial charge in [-0.25, -0.2) is 9.18 Å². The summed E-state index contributed by atoms with van der Waals surface area (Å²) in [6, 6.07) is -0.965. The number of carboxylic acid groups (broad SMARTS) is 1. The van der Waals surface area contributed by atoms with Crippen molar-refractivity contribution in [3.8, 4) is 0 Å². The van der Waals surface area contributed by atoms with Gasteiger partial charge in [0.25, 0.3) is 5.91 Å². The lowest BCUT2D eigenvalue weighted by Gasteiger charge is -2.13. The predicted molar refractivity (Wildman–Crippen MR) is 63.6 cm³/mol. The van der Waals surface area contributed by atoms with Crippen LogP contribution in [0.2, 0.25) is 0 Å². The number of nitrogens with zero attached hydrogens (tertiary/aromatic N) is 1. The van der Waals surface area contributed by atoms with Crippen LogP contribution in [0, 0.1) is 21.7 Å². The van der Waals surface area contributed by atoms with Gasteiger partial charge >= 0.3 is 11.7 Å². The summed E-state index contributed by atoms with van der Waals surface area (Å²) in [7, 11) is 0. The molecule has 0 fully saturated rings. The van der Waals surface area contributed by atoms with Gasteiger partial charge < -0.3 is 15.5 Å². The molecule has 21 heavy (non-hydrogen) atoms. The molecule has 0 aromatic heterocycles.